The maximum Gasteiger partial charge on any atom is 0 e. The summed E-state index contributed by atoms with van der Waals surface area (Å²) in [5.41, 5.74) is 0. The largest absolute Gasteiger partial charge is 0.153 e. The molecular weight excluding hydrogens is 227 g/mol. The number of rotatable bonds is 0. The Kier molecular flexibility index (Phi) is 337. The average molecular weight is 233 g/mol. The van der Waals surface area contributed by atoms with Crippen molar-refractivity contribution in [2.45, 2.75) is 0 Å². The molecule has 3 radical (unpaired) electrons. The van der Waals surface area contributed by atoms with E-state index in [4.69, 9.17) is 0 Å². The van der Waals surface area contributed by atoms with E-state index < -0.39 is 0 Å². The second kappa shape index (κ2) is 32.2. The molecule has 0 aromatic heterocycles. The van der Waals surface area contributed by atoms with Gasteiger partial charge in [-0.05, 0) is 0 Å². The van der Waals surface area contributed by atoms with Crippen LogP contribution in [0.1, 0.15) is 0 Å². The standard InChI is InChI=1S/3Mn.2H3P/h;;;2*1H3. The molecule has 5 heteroatoms. The topological polar surface area (TPSA) is 0 Å². The van der Waals surface area contributed by atoms with Crippen LogP contribution in [0, 0.1) is 0 Å². The van der Waals surface area contributed by atoms with Gasteiger partial charge in [0.25, 0.3) is 0 Å². The first-order valence-electron chi connectivity index (χ1n) is 0. The minimum Gasteiger partial charge on any atom is -0.153 e. The molecule has 0 N–H and O–H groups in total. The van der Waals surface area contributed by atoms with E-state index in [-0.39, 0.29) is 71.0 Å². The van der Waals surface area contributed by atoms with E-state index in [0.29, 0.717) is 0 Å². The second-order valence-corrected chi connectivity index (χ2v) is 0. The SMILES string of the molecule is P.P.[Mn].[Mn].[Mn]. The van der Waals surface area contributed by atoms with Gasteiger partial charge < -0.3 is 0 Å². The fourth-order valence-corrected chi connectivity index (χ4v) is 0. The molecule has 5 heavy (non-hydrogen) atoms. The van der Waals surface area contributed by atoms with Crippen LogP contribution in [0.5, 0.6) is 0 Å². The van der Waals surface area contributed by atoms with Crippen LogP contribution >= 0.6 is 19.8 Å². The summed E-state index contributed by atoms with van der Waals surface area (Å²) in [6.07, 6.45) is 0. The summed E-state index contributed by atoms with van der Waals surface area (Å²) < 4.78 is 0. The molecule has 0 heterocycles. The summed E-state index contributed by atoms with van der Waals surface area (Å²) in [6.45, 7) is 0. The number of hydrogen-bond donors (Lipinski definition) is 0. The first kappa shape index (κ1) is 52.3. The Morgan fingerprint density at radius 3 is 0.400 bits per heavy atom. The van der Waals surface area contributed by atoms with E-state index in [0.717, 1.165) is 0 Å². The fraction of sp³-hybridized carbons (Fsp3) is 0. The first-order chi connectivity index (χ1) is 0. The maximum atomic E-state index is 0. The molecule has 0 nitrogen and oxygen atoms in total. The monoisotopic (exact) mass is 233 g/mol. The molecule has 0 bridgehead atoms. The molecular formula is H6Mn3P2. The van der Waals surface area contributed by atoms with Crippen LogP contribution in [0.3, 0.4) is 0 Å². The van der Waals surface area contributed by atoms with E-state index in [1.54, 1.807) is 0 Å². The summed E-state index contributed by atoms with van der Waals surface area (Å²) in [5.74, 6) is 0. The molecule has 2 atom stereocenters. The molecule has 0 rings (SSSR count). The van der Waals surface area contributed by atoms with Gasteiger partial charge in [0.05, 0.1) is 0 Å². The molecule has 0 saturated heterocycles. The van der Waals surface area contributed by atoms with Crippen molar-refractivity contribution in [1.82, 2.24) is 0 Å². The van der Waals surface area contributed by atoms with E-state index in [1.165, 1.54) is 0 Å². The van der Waals surface area contributed by atoms with Crippen LogP contribution in [0.4, 0.5) is 0 Å². The van der Waals surface area contributed by atoms with Crippen molar-refractivity contribution in [3.05, 3.63) is 0 Å². The number of hydrogen-bond acceptors (Lipinski definition) is 0. The third-order valence-corrected chi connectivity index (χ3v) is 0. The van der Waals surface area contributed by atoms with Crippen molar-refractivity contribution in [2.75, 3.05) is 0 Å². The Morgan fingerprint density at radius 2 is 0.400 bits per heavy atom. The van der Waals surface area contributed by atoms with Gasteiger partial charge in [-0.2, -0.15) is 19.8 Å². The molecule has 0 aromatic carbocycles. The van der Waals surface area contributed by atoms with Gasteiger partial charge in [-0.3, -0.25) is 0 Å². The van der Waals surface area contributed by atoms with Crippen LogP contribution in [-0.2, 0) is 51.2 Å². The predicted octanol–water partition coefficient (Wildman–Crippen LogP) is 0.109. The van der Waals surface area contributed by atoms with Crippen LogP contribution in [0.15, 0.2) is 0 Å². The first-order valence-corrected chi connectivity index (χ1v) is 0. The molecule has 0 amide bonds. The van der Waals surface area contributed by atoms with Gasteiger partial charge in [0.1, 0.15) is 0 Å². The Hall–Kier alpha value is 2.42. The van der Waals surface area contributed by atoms with Gasteiger partial charge in [-0.25, -0.2) is 0 Å². The molecule has 0 aliphatic rings. The molecule has 0 aromatic rings. The second-order valence-electron chi connectivity index (χ2n) is 0. The molecule has 0 aliphatic heterocycles. The van der Waals surface area contributed by atoms with Crippen molar-refractivity contribution >= 4 is 19.8 Å². The fourth-order valence-electron chi connectivity index (χ4n) is 0. The predicted molar refractivity (Wildman–Crippen MR) is 22.2 cm³/mol. The minimum absolute atomic E-state index is 0. The normalized spacial score (nSPS) is 0. The zero-order chi connectivity index (χ0) is 0. The van der Waals surface area contributed by atoms with Gasteiger partial charge in [0.15, 0.2) is 0 Å². The molecule has 0 saturated carbocycles. The molecule has 0 fully saturated rings. The molecule has 0 spiro atoms. The smallest absolute Gasteiger partial charge is 0 e. The van der Waals surface area contributed by atoms with Crippen LogP contribution in [0.2, 0.25) is 0 Å². The van der Waals surface area contributed by atoms with E-state index in [2.05, 4.69) is 0 Å². The Balaban J connectivity index is 0. The van der Waals surface area contributed by atoms with E-state index in [9.17, 15) is 0 Å². The summed E-state index contributed by atoms with van der Waals surface area (Å²) in [7, 11) is 0. The zero-order valence-electron chi connectivity index (χ0n) is 2.55. The Morgan fingerprint density at radius 1 is 0.400 bits per heavy atom. The van der Waals surface area contributed by atoms with Gasteiger partial charge in [-0.15, -0.1) is 0 Å². The van der Waals surface area contributed by atoms with Gasteiger partial charge in [-0.1, -0.05) is 0 Å². The van der Waals surface area contributed by atoms with Gasteiger partial charge in [0, 0.05) is 51.2 Å². The third-order valence-electron chi connectivity index (χ3n) is 0. The Bertz CT molecular complexity index is 4.85. The Labute approximate surface area is 70.7 Å². The summed E-state index contributed by atoms with van der Waals surface area (Å²) in [4.78, 5) is 0. The van der Waals surface area contributed by atoms with E-state index >= 15 is 0 Å². The zero-order valence-corrected chi connectivity index (χ0v) is 8.92. The minimum atomic E-state index is 0. The summed E-state index contributed by atoms with van der Waals surface area (Å²) in [5, 5.41) is 0. The quantitative estimate of drug-likeness (QED) is 0.411. The maximum absolute atomic E-state index is 0. The van der Waals surface area contributed by atoms with Crippen LogP contribution in [-0.4, -0.2) is 0 Å². The molecule has 2 unspecified atom stereocenters. The van der Waals surface area contributed by atoms with E-state index in [1.807, 2.05) is 0 Å². The summed E-state index contributed by atoms with van der Waals surface area (Å²) >= 11 is 0. The van der Waals surface area contributed by atoms with Crippen molar-refractivity contribution in [1.29, 1.82) is 0 Å². The van der Waals surface area contributed by atoms with Crippen LogP contribution < -0.4 is 0 Å². The molecule has 37 valence electrons. The van der Waals surface area contributed by atoms with Crippen molar-refractivity contribution in [3.63, 3.8) is 0 Å². The molecule has 0 aliphatic carbocycles. The van der Waals surface area contributed by atoms with Crippen molar-refractivity contribution in [3.8, 4) is 0 Å². The van der Waals surface area contributed by atoms with Crippen molar-refractivity contribution in [2.24, 2.45) is 0 Å². The summed E-state index contributed by atoms with van der Waals surface area (Å²) in [6, 6.07) is 0. The van der Waals surface area contributed by atoms with Crippen LogP contribution in [0.25, 0.3) is 0 Å². The van der Waals surface area contributed by atoms with Gasteiger partial charge in [0.2, 0.25) is 0 Å². The third kappa shape index (κ3) is 21.4. The average Bonchev–Trinajstić information content (AvgIpc) is 0. The van der Waals surface area contributed by atoms with Crippen molar-refractivity contribution < 1.29 is 51.2 Å². The van der Waals surface area contributed by atoms with Gasteiger partial charge >= 0.3 is 0 Å².